The Morgan fingerprint density at radius 3 is 2.61 bits per heavy atom. The molecule has 1 unspecified atom stereocenters. The van der Waals surface area contributed by atoms with Crippen LogP contribution in [0.15, 0.2) is 72.9 Å². The van der Waals surface area contributed by atoms with Gasteiger partial charge in [-0.25, -0.2) is 9.97 Å². The van der Waals surface area contributed by atoms with E-state index in [0.29, 0.717) is 23.0 Å². The summed E-state index contributed by atoms with van der Waals surface area (Å²) in [6, 6.07) is 22.5. The Balaban J connectivity index is 1.37. The van der Waals surface area contributed by atoms with Crippen molar-refractivity contribution < 1.29 is 4.79 Å². The highest BCUT2D eigenvalue weighted by Gasteiger charge is 2.44. The van der Waals surface area contributed by atoms with Gasteiger partial charge in [0.15, 0.2) is 0 Å². The number of amides is 1. The molecule has 1 aliphatic heterocycles. The third-order valence-corrected chi connectivity index (χ3v) is 8.59. The molecule has 6 heteroatoms. The van der Waals surface area contributed by atoms with Gasteiger partial charge in [0.25, 0.3) is 5.91 Å². The normalized spacial score (nSPS) is 18.7. The number of rotatable bonds is 6. The van der Waals surface area contributed by atoms with Gasteiger partial charge in [0.05, 0.1) is 11.3 Å². The van der Waals surface area contributed by atoms with Crippen LogP contribution in [0.1, 0.15) is 66.2 Å². The van der Waals surface area contributed by atoms with Gasteiger partial charge in [0.2, 0.25) is 5.95 Å². The van der Waals surface area contributed by atoms with Crippen LogP contribution in [0.2, 0.25) is 5.02 Å². The molecule has 1 aliphatic carbocycles. The van der Waals surface area contributed by atoms with Gasteiger partial charge >= 0.3 is 0 Å². The number of benzene rings is 3. The van der Waals surface area contributed by atoms with Gasteiger partial charge in [-0.2, -0.15) is 0 Å². The summed E-state index contributed by atoms with van der Waals surface area (Å²) in [6.07, 6.45) is 7.11. The highest BCUT2D eigenvalue weighted by molar-refractivity contribution is 6.30. The molecule has 2 heterocycles. The Hall–Kier alpha value is -3.44. The first-order valence-corrected chi connectivity index (χ1v) is 14.0. The van der Waals surface area contributed by atoms with Crippen LogP contribution in [-0.4, -0.2) is 29.0 Å². The van der Waals surface area contributed by atoms with E-state index in [1.807, 2.05) is 30.3 Å². The Labute approximate surface area is 229 Å². The van der Waals surface area contributed by atoms with E-state index in [0.717, 1.165) is 66.9 Å². The van der Waals surface area contributed by atoms with E-state index in [2.05, 4.69) is 53.5 Å². The van der Waals surface area contributed by atoms with Crippen molar-refractivity contribution in [3.05, 3.63) is 100 Å². The number of carbonyl (C=O) groups excluding carboxylic acids is 1. The summed E-state index contributed by atoms with van der Waals surface area (Å²) in [6.45, 7) is 4.62. The fraction of sp³-hybridized carbons (Fsp3) is 0.344. The van der Waals surface area contributed by atoms with Crippen molar-refractivity contribution in [1.29, 1.82) is 0 Å². The monoisotopic (exact) mass is 524 g/mol. The number of fused-ring (bicyclic) bond motifs is 1. The Morgan fingerprint density at radius 2 is 1.84 bits per heavy atom. The number of nitrogens with zero attached hydrogens (tertiary/aromatic N) is 3. The molecule has 194 valence electrons. The number of nitrogens with one attached hydrogen (secondary N) is 1. The predicted octanol–water partition coefficient (Wildman–Crippen LogP) is 6.92. The maximum atomic E-state index is 13.8. The lowest BCUT2D eigenvalue weighted by Gasteiger charge is -2.43. The van der Waals surface area contributed by atoms with Crippen LogP contribution in [0.3, 0.4) is 0 Å². The van der Waals surface area contributed by atoms with Gasteiger partial charge in [0.1, 0.15) is 0 Å². The van der Waals surface area contributed by atoms with E-state index in [1.165, 1.54) is 11.8 Å². The first-order valence-electron chi connectivity index (χ1n) is 13.7. The second-order valence-electron chi connectivity index (χ2n) is 10.9. The van der Waals surface area contributed by atoms with Crippen molar-refractivity contribution in [2.45, 2.75) is 51.0 Å². The summed E-state index contributed by atoms with van der Waals surface area (Å²) in [7, 11) is 0. The van der Waals surface area contributed by atoms with Gasteiger partial charge in [-0.1, -0.05) is 79.5 Å². The third-order valence-electron chi connectivity index (χ3n) is 8.34. The lowest BCUT2D eigenvalue weighted by Crippen LogP contribution is -2.41. The largest absolute Gasteiger partial charge is 0.348 e. The van der Waals surface area contributed by atoms with Crippen LogP contribution >= 0.6 is 11.6 Å². The molecule has 0 spiro atoms. The molecule has 1 saturated heterocycles. The van der Waals surface area contributed by atoms with Gasteiger partial charge < -0.3 is 10.2 Å². The SMILES string of the molecule is CC1CCCN(c2ncc(C(=O)NCc3cccc4ccccc34)c(C3(c4ccc(Cl)cc4)CCC3)n2)C1. The molecule has 38 heavy (non-hydrogen) atoms. The van der Waals surface area contributed by atoms with Crippen molar-refractivity contribution in [2.24, 2.45) is 5.92 Å². The molecule has 4 aromatic rings. The Morgan fingerprint density at radius 1 is 1.05 bits per heavy atom. The smallest absolute Gasteiger partial charge is 0.255 e. The zero-order valence-corrected chi connectivity index (χ0v) is 22.5. The van der Waals surface area contributed by atoms with Crippen LogP contribution in [-0.2, 0) is 12.0 Å². The minimum Gasteiger partial charge on any atom is -0.348 e. The number of piperidine rings is 1. The molecular formula is C32H33ClN4O. The van der Waals surface area contributed by atoms with Crippen molar-refractivity contribution in [2.75, 3.05) is 18.0 Å². The summed E-state index contributed by atoms with van der Waals surface area (Å²) >= 11 is 6.24. The molecule has 0 bridgehead atoms. The lowest BCUT2D eigenvalue weighted by molar-refractivity contribution is 0.0946. The van der Waals surface area contributed by atoms with Crippen molar-refractivity contribution in [3.8, 4) is 0 Å². The highest BCUT2D eigenvalue weighted by atomic mass is 35.5. The lowest BCUT2D eigenvalue weighted by atomic mass is 9.61. The Kier molecular flexibility index (Phi) is 6.79. The number of aromatic nitrogens is 2. The minimum absolute atomic E-state index is 0.133. The minimum atomic E-state index is -0.310. The van der Waals surface area contributed by atoms with E-state index in [9.17, 15) is 4.79 Å². The number of halogens is 1. The van der Waals surface area contributed by atoms with E-state index in [1.54, 1.807) is 6.20 Å². The molecule has 3 aromatic carbocycles. The van der Waals surface area contributed by atoms with Crippen molar-refractivity contribution in [1.82, 2.24) is 15.3 Å². The Bertz CT molecular complexity index is 1460. The average molecular weight is 525 g/mol. The maximum absolute atomic E-state index is 13.8. The fourth-order valence-electron chi connectivity index (χ4n) is 6.11. The first kappa shape index (κ1) is 24.9. The van der Waals surface area contributed by atoms with Crippen LogP contribution < -0.4 is 10.2 Å². The van der Waals surface area contributed by atoms with Crippen molar-refractivity contribution >= 4 is 34.2 Å². The summed E-state index contributed by atoms with van der Waals surface area (Å²) in [5.74, 6) is 1.21. The summed E-state index contributed by atoms with van der Waals surface area (Å²) in [5, 5.41) is 6.21. The average Bonchev–Trinajstić information content (AvgIpc) is 2.92. The molecule has 2 aliphatic rings. The first-order chi connectivity index (χ1) is 18.5. The predicted molar refractivity (Wildman–Crippen MR) is 154 cm³/mol. The summed E-state index contributed by atoms with van der Waals surface area (Å²) < 4.78 is 0. The highest BCUT2D eigenvalue weighted by Crippen LogP contribution is 2.49. The van der Waals surface area contributed by atoms with E-state index in [4.69, 9.17) is 21.6 Å². The summed E-state index contributed by atoms with van der Waals surface area (Å²) in [4.78, 5) is 25.9. The van der Waals surface area contributed by atoms with Crippen LogP contribution in [0, 0.1) is 5.92 Å². The molecular weight excluding hydrogens is 492 g/mol. The van der Waals surface area contributed by atoms with Crippen LogP contribution in [0.25, 0.3) is 10.8 Å². The molecule has 1 amide bonds. The standard InChI is InChI=1S/C32H33ClN4O/c1-22-7-5-18-37(21-22)31-35-20-28(29(36-31)32(16-6-17-32)25-12-14-26(33)15-13-25)30(38)34-19-24-10-4-9-23-8-2-3-11-27(23)24/h2-4,8-15,20,22H,5-7,16-19,21H2,1H3,(H,34,38). The van der Waals surface area contributed by atoms with Gasteiger partial charge in [0, 0.05) is 36.3 Å². The van der Waals surface area contributed by atoms with Gasteiger partial charge in [-0.05, 0) is 65.6 Å². The number of hydrogen-bond acceptors (Lipinski definition) is 4. The molecule has 0 radical (unpaired) electrons. The number of carbonyl (C=O) groups is 1. The molecule has 1 saturated carbocycles. The van der Waals surface area contributed by atoms with Crippen LogP contribution in [0.5, 0.6) is 0 Å². The molecule has 5 nitrogen and oxygen atoms in total. The second-order valence-corrected chi connectivity index (χ2v) is 11.3. The van der Waals surface area contributed by atoms with Gasteiger partial charge in [-0.15, -0.1) is 0 Å². The van der Waals surface area contributed by atoms with E-state index < -0.39 is 0 Å². The maximum Gasteiger partial charge on any atom is 0.255 e. The molecule has 1 N–H and O–H groups in total. The van der Waals surface area contributed by atoms with Gasteiger partial charge in [-0.3, -0.25) is 4.79 Å². The quantitative estimate of drug-likeness (QED) is 0.297. The molecule has 6 rings (SSSR count). The van der Waals surface area contributed by atoms with Crippen LogP contribution in [0.4, 0.5) is 5.95 Å². The zero-order chi connectivity index (χ0) is 26.1. The van der Waals surface area contributed by atoms with Crippen molar-refractivity contribution in [3.63, 3.8) is 0 Å². The second kappa shape index (κ2) is 10.4. The molecule has 1 atom stereocenters. The van der Waals surface area contributed by atoms with E-state index in [-0.39, 0.29) is 11.3 Å². The summed E-state index contributed by atoms with van der Waals surface area (Å²) in [5.41, 5.74) is 3.34. The molecule has 2 fully saturated rings. The zero-order valence-electron chi connectivity index (χ0n) is 21.8. The fourth-order valence-corrected chi connectivity index (χ4v) is 6.23. The van der Waals surface area contributed by atoms with E-state index >= 15 is 0 Å². The molecule has 1 aromatic heterocycles. The number of anilines is 1. The third kappa shape index (κ3) is 4.64. The number of hydrogen-bond donors (Lipinski definition) is 1. The topological polar surface area (TPSA) is 58.1 Å².